The SMILES string of the molecule is CCc1ccccc1COc1cccc(F)c1F. The largest absolute Gasteiger partial charge is 0.486 e. The monoisotopic (exact) mass is 248 g/mol. The second-order valence-electron chi connectivity index (χ2n) is 3.96. The molecular weight excluding hydrogens is 234 g/mol. The highest BCUT2D eigenvalue weighted by molar-refractivity contribution is 5.29. The number of benzene rings is 2. The normalized spacial score (nSPS) is 10.4. The Labute approximate surface area is 105 Å². The van der Waals surface area contributed by atoms with E-state index in [0.29, 0.717) is 0 Å². The summed E-state index contributed by atoms with van der Waals surface area (Å²) in [6, 6.07) is 11.7. The number of hydrogen-bond donors (Lipinski definition) is 0. The number of ether oxygens (including phenoxy) is 1. The lowest BCUT2D eigenvalue weighted by atomic mass is 10.1. The van der Waals surface area contributed by atoms with Gasteiger partial charge in [0.05, 0.1) is 0 Å². The van der Waals surface area contributed by atoms with Crippen molar-refractivity contribution < 1.29 is 13.5 Å². The first-order valence-corrected chi connectivity index (χ1v) is 5.86. The van der Waals surface area contributed by atoms with Crippen LogP contribution in [0, 0.1) is 11.6 Å². The van der Waals surface area contributed by atoms with Crippen LogP contribution in [0.15, 0.2) is 42.5 Å². The Morgan fingerprint density at radius 1 is 0.944 bits per heavy atom. The van der Waals surface area contributed by atoms with E-state index in [1.807, 2.05) is 31.2 Å². The van der Waals surface area contributed by atoms with Crippen LogP contribution in [-0.2, 0) is 13.0 Å². The molecule has 0 spiro atoms. The van der Waals surface area contributed by atoms with Crippen molar-refractivity contribution in [2.24, 2.45) is 0 Å². The number of aryl methyl sites for hydroxylation is 1. The van der Waals surface area contributed by atoms with Gasteiger partial charge in [0.25, 0.3) is 0 Å². The third kappa shape index (κ3) is 2.67. The number of halogens is 2. The van der Waals surface area contributed by atoms with Gasteiger partial charge in [-0.15, -0.1) is 0 Å². The predicted molar refractivity (Wildman–Crippen MR) is 66.5 cm³/mol. The zero-order valence-electron chi connectivity index (χ0n) is 10.1. The van der Waals surface area contributed by atoms with Crippen LogP contribution in [0.1, 0.15) is 18.1 Å². The van der Waals surface area contributed by atoms with E-state index < -0.39 is 11.6 Å². The van der Waals surface area contributed by atoms with Crippen molar-refractivity contribution in [3.05, 3.63) is 65.2 Å². The number of hydrogen-bond acceptors (Lipinski definition) is 1. The molecule has 0 heterocycles. The summed E-state index contributed by atoms with van der Waals surface area (Å²) in [6.07, 6.45) is 0.880. The Kier molecular flexibility index (Phi) is 3.92. The maximum atomic E-state index is 13.4. The van der Waals surface area contributed by atoms with Crippen LogP contribution in [0.2, 0.25) is 0 Å². The highest BCUT2D eigenvalue weighted by Crippen LogP contribution is 2.21. The van der Waals surface area contributed by atoms with E-state index in [9.17, 15) is 8.78 Å². The van der Waals surface area contributed by atoms with Crippen molar-refractivity contribution in [3.8, 4) is 5.75 Å². The van der Waals surface area contributed by atoms with E-state index in [4.69, 9.17) is 4.74 Å². The average Bonchev–Trinajstić information content (AvgIpc) is 2.41. The molecule has 0 aliphatic carbocycles. The van der Waals surface area contributed by atoms with Crippen LogP contribution in [0.25, 0.3) is 0 Å². The predicted octanol–water partition coefficient (Wildman–Crippen LogP) is 4.11. The molecule has 0 amide bonds. The molecule has 0 fully saturated rings. The first-order chi connectivity index (χ1) is 8.72. The molecule has 2 rings (SSSR count). The Hall–Kier alpha value is -1.90. The average molecular weight is 248 g/mol. The van der Waals surface area contributed by atoms with Gasteiger partial charge >= 0.3 is 0 Å². The van der Waals surface area contributed by atoms with Gasteiger partial charge in [0.15, 0.2) is 11.6 Å². The fourth-order valence-electron chi connectivity index (χ4n) is 1.79. The van der Waals surface area contributed by atoms with E-state index in [1.165, 1.54) is 12.1 Å². The van der Waals surface area contributed by atoms with Gasteiger partial charge in [-0.2, -0.15) is 4.39 Å². The van der Waals surface area contributed by atoms with E-state index in [1.54, 1.807) is 0 Å². The van der Waals surface area contributed by atoms with Gasteiger partial charge in [-0.25, -0.2) is 4.39 Å². The first kappa shape index (κ1) is 12.6. The molecule has 18 heavy (non-hydrogen) atoms. The maximum absolute atomic E-state index is 13.4. The van der Waals surface area contributed by atoms with Crippen LogP contribution >= 0.6 is 0 Å². The van der Waals surface area contributed by atoms with Crippen LogP contribution in [0.4, 0.5) is 8.78 Å². The molecule has 0 saturated carbocycles. The zero-order valence-corrected chi connectivity index (χ0v) is 10.1. The fraction of sp³-hybridized carbons (Fsp3) is 0.200. The topological polar surface area (TPSA) is 9.23 Å². The minimum atomic E-state index is -0.938. The first-order valence-electron chi connectivity index (χ1n) is 5.86. The summed E-state index contributed by atoms with van der Waals surface area (Å²) in [5, 5.41) is 0. The number of rotatable bonds is 4. The van der Waals surface area contributed by atoms with Crippen LogP contribution in [0.3, 0.4) is 0 Å². The Morgan fingerprint density at radius 2 is 1.67 bits per heavy atom. The van der Waals surface area contributed by atoms with E-state index in [-0.39, 0.29) is 12.4 Å². The lowest BCUT2D eigenvalue weighted by molar-refractivity contribution is 0.283. The van der Waals surface area contributed by atoms with Crippen LogP contribution in [0.5, 0.6) is 5.75 Å². The fourth-order valence-corrected chi connectivity index (χ4v) is 1.79. The second kappa shape index (κ2) is 5.63. The summed E-state index contributed by atoms with van der Waals surface area (Å²) in [5.41, 5.74) is 2.14. The summed E-state index contributed by atoms with van der Waals surface area (Å²) in [4.78, 5) is 0. The van der Waals surface area contributed by atoms with E-state index >= 15 is 0 Å². The lowest BCUT2D eigenvalue weighted by Gasteiger charge is -2.10. The molecule has 0 saturated heterocycles. The Bertz CT molecular complexity index is 538. The van der Waals surface area contributed by atoms with E-state index in [2.05, 4.69) is 0 Å². The molecule has 0 atom stereocenters. The van der Waals surface area contributed by atoms with Crippen molar-refractivity contribution >= 4 is 0 Å². The van der Waals surface area contributed by atoms with Gasteiger partial charge in [0.1, 0.15) is 6.61 Å². The molecule has 0 unspecified atom stereocenters. The Balaban J connectivity index is 2.14. The molecular formula is C15H14F2O. The summed E-state index contributed by atoms with van der Waals surface area (Å²) in [7, 11) is 0. The molecule has 0 aliphatic rings. The van der Waals surface area contributed by atoms with Crippen molar-refractivity contribution in [2.75, 3.05) is 0 Å². The summed E-state index contributed by atoms with van der Waals surface area (Å²) in [5.74, 6) is -1.89. The smallest absolute Gasteiger partial charge is 0.200 e. The zero-order chi connectivity index (χ0) is 13.0. The van der Waals surface area contributed by atoms with Gasteiger partial charge < -0.3 is 4.74 Å². The van der Waals surface area contributed by atoms with Gasteiger partial charge in [-0.05, 0) is 29.7 Å². The standard InChI is InChI=1S/C15H14F2O/c1-2-11-6-3-4-7-12(11)10-18-14-9-5-8-13(16)15(14)17/h3-9H,2,10H2,1H3. The molecule has 2 aromatic rings. The third-order valence-corrected chi connectivity index (χ3v) is 2.80. The van der Waals surface area contributed by atoms with Gasteiger partial charge in [-0.1, -0.05) is 37.3 Å². The van der Waals surface area contributed by atoms with Crippen LogP contribution < -0.4 is 4.74 Å². The van der Waals surface area contributed by atoms with Crippen molar-refractivity contribution in [1.29, 1.82) is 0 Å². The second-order valence-corrected chi connectivity index (χ2v) is 3.96. The van der Waals surface area contributed by atoms with E-state index in [0.717, 1.165) is 23.6 Å². The molecule has 0 bridgehead atoms. The molecule has 1 nitrogen and oxygen atoms in total. The lowest BCUT2D eigenvalue weighted by Crippen LogP contribution is -2.01. The molecule has 94 valence electrons. The Morgan fingerprint density at radius 3 is 2.39 bits per heavy atom. The maximum Gasteiger partial charge on any atom is 0.200 e. The van der Waals surface area contributed by atoms with Gasteiger partial charge in [-0.3, -0.25) is 0 Å². The molecule has 0 aromatic heterocycles. The molecule has 0 N–H and O–H groups in total. The summed E-state index contributed by atoms with van der Waals surface area (Å²) in [6.45, 7) is 2.28. The summed E-state index contributed by atoms with van der Waals surface area (Å²) >= 11 is 0. The molecule has 2 aromatic carbocycles. The highest BCUT2D eigenvalue weighted by atomic mass is 19.2. The van der Waals surface area contributed by atoms with Crippen LogP contribution in [-0.4, -0.2) is 0 Å². The van der Waals surface area contributed by atoms with Crippen molar-refractivity contribution in [2.45, 2.75) is 20.0 Å². The van der Waals surface area contributed by atoms with Gasteiger partial charge in [0, 0.05) is 0 Å². The minimum Gasteiger partial charge on any atom is -0.486 e. The van der Waals surface area contributed by atoms with Crippen molar-refractivity contribution in [1.82, 2.24) is 0 Å². The summed E-state index contributed by atoms with van der Waals surface area (Å²) < 4.78 is 31.7. The quantitative estimate of drug-likeness (QED) is 0.791. The highest BCUT2D eigenvalue weighted by Gasteiger charge is 2.09. The molecule has 3 heteroatoms. The molecule has 0 radical (unpaired) electrons. The third-order valence-electron chi connectivity index (χ3n) is 2.80. The van der Waals surface area contributed by atoms with Crippen molar-refractivity contribution in [3.63, 3.8) is 0 Å². The molecule has 0 aliphatic heterocycles. The van der Waals surface area contributed by atoms with Gasteiger partial charge in [0.2, 0.25) is 5.82 Å². The minimum absolute atomic E-state index is 0.0547.